The lowest BCUT2D eigenvalue weighted by Crippen LogP contribution is -2.15. The van der Waals surface area contributed by atoms with Gasteiger partial charge in [0.25, 0.3) is 0 Å². The van der Waals surface area contributed by atoms with Crippen LogP contribution < -0.4 is 5.01 Å². The van der Waals surface area contributed by atoms with Crippen molar-refractivity contribution >= 4 is 18.4 Å². The van der Waals surface area contributed by atoms with E-state index in [2.05, 4.69) is 16.6 Å². The van der Waals surface area contributed by atoms with Crippen molar-refractivity contribution < 1.29 is 27.8 Å². The second-order valence-electron chi connectivity index (χ2n) is 5.08. The van der Waals surface area contributed by atoms with Crippen molar-refractivity contribution in [2.24, 2.45) is 5.10 Å². The van der Waals surface area contributed by atoms with Gasteiger partial charge in [-0.05, 0) is 30.5 Å². The zero-order valence-electron chi connectivity index (χ0n) is 13.4. The molecule has 1 N–H and O–H groups in total. The van der Waals surface area contributed by atoms with Gasteiger partial charge in [0, 0.05) is 19.3 Å². The summed E-state index contributed by atoms with van der Waals surface area (Å²) in [4.78, 5) is 11.2. The number of methoxy groups -OCH3 is 1. The van der Waals surface area contributed by atoms with Gasteiger partial charge in [-0.2, -0.15) is 18.3 Å². The van der Waals surface area contributed by atoms with Crippen molar-refractivity contribution in [3.05, 3.63) is 35.5 Å². The van der Waals surface area contributed by atoms with E-state index in [1.165, 1.54) is 13.2 Å². The first kappa shape index (κ1) is 19.5. The highest BCUT2D eigenvalue weighted by molar-refractivity contribution is 5.69. The number of para-hydroxylation sites is 1. The van der Waals surface area contributed by atoms with Crippen molar-refractivity contribution in [3.8, 4) is 5.75 Å². The number of rotatable bonds is 7. The highest BCUT2D eigenvalue weighted by Gasteiger charge is 2.29. The lowest BCUT2D eigenvalue weighted by molar-refractivity contribution is -0.141. The Morgan fingerprint density at radius 1 is 1.42 bits per heavy atom. The number of carbonyl (C=O) groups excluding carboxylic acids is 1. The maximum absolute atomic E-state index is 12.8. The van der Waals surface area contributed by atoms with Gasteiger partial charge in [0.15, 0.2) is 0 Å². The summed E-state index contributed by atoms with van der Waals surface area (Å²) in [5, 5.41) is 14.7. The summed E-state index contributed by atoms with van der Waals surface area (Å²) >= 11 is 0. The Morgan fingerprint density at radius 3 is 2.58 bits per heavy atom. The van der Waals surface area contributed by atoms with Crippen LogP contribution >= 0.6 is 0 Å². The van der Waals surface area contributed by atoms with Crippen LogP contribution in [0.25, 0.3) is 0 Å². The first-order valence-corrected chi connectivity index (χ1v) is 7.05. The standard InChI is InChI=1S/C16H19F3N2O3/c1-11-5-4-6-13(22)15(11)21(20-2)10-12(9-16(17,18)19)7-8-14(23)24-3/h4-6,10,22H,2,7-9H2,1,3H3/b12-10-. The predicted octanol–water partition coefficient (Wildman–Crippen LogP) is 3.91. The molecule has 0 saturated carbocycles. The molecule has 0 amide bonds. The van der Waals surface area contributed by atoms with E-state index in [9.17, 15) is 23.1 Å². The first-order chi connectivity index (χ1) is 11.2. The molecule has 0 fully saturated rings. The van der Waals surface area contributed by atoms with E-state index < -0.39 is 18.6 Å². The van der Waals surface area contributed by atoms with Gasteiger partial charge in [-0.25, -0.2) is 5.01 Å². The Morgan fingerprint density at radius 2 is 2.08 bits per heavy atom. The molecule has 132 valence electrons. The van der Waals surface area contributed by atoms with Crippen LogP contribution in [0.5, 0.6) is 5.75 Å². The molecule has 0 aliphatic carbocycles. The van der Waals surface area contributed by atoms with Crippen molar-refractivity contribution in [1.29, 1.82) is 0 Å². The Balaban J connectivity index is 3.16. The Hall–Kier alpha value is -2.51. The predicted molar refractivity (Wildman–Crippen MR) is 84.9 cm³/mol. The van der Waals surface area contributed by atoms with E-state index in [-0.39, 0.29) is 29.9 Å². The number of halogens is 3. The Bertz CT molecular complexity index is 607. The van der Waals surface area contributed by atoms with Gasteiger partial charge in [0.05, 0.1) is 13.5 Å². The van der Waals surface area contributed by atoms with Gasteiger partial charge >= 0.3 is 12.1 Å². The van der Waals surface area contributed by atoms with E-state index in [1.54, 1.807) is 19.1 Å². The number of alkyl halides is 3. The number of hydrazone groups is 1. The minimum absolute atomic E-state index is 0.0806. The molecule has 1 aromatic rings. The number of carbonyl (C=O) groups is 1. The SMILES string of the molecule is C=NN(/C=C(/CCC(=O)OC)CC(F)(F)F)c1c(C)cccc1O. The molecule has 0 spiro atoms. The molecule has 0 atom stereocenters. The number of phenolic OH excluding ortho intramolecular Hbond substituents is 1. The number of ether oxygens (including phenoxy) is 1. The van der Waals surface area contributed by atoms with Gasteiger partial charge in [-0.15, -0.1) is 0 Å². The van der Waals surface area contributed by atoms with Crippen LogP contribution in [-0.4, -0.2) is 31.1 Å². The average Bonchev–Trinajstić information content (AvgIpc) is 2.49. The third-order valence-corrected chi connectivity index (χ3v) is 3.21. The van der Waals surface area contributed by atoms with Crippen LogP contribution in [0.3, 0.4) is 0 Å². The van der Waals surface area contributed by atoms with Crippen molar-refractivity contribution in [3.63, 3.8) is 0 Å². The molecule has 0 heterocycles. The van der Waals surface area contributed by atoms with Crippen molar-refractivity contribution in [2.75, 3.05) is 12.1 Å². The number of hydrogen-bond acceptors (Lipinski definition) is 5. The smallest absolute Gasteiger partial charge is 0.392 e. The molecule has 0 aromatic heterocycles. The van der Waals surface area contributed by atoms with Crippen LogP contribution in [-0.2, 0) is 9.53 Å². The number of anilines is 1. The maximum Gasteiger partial charge on any atom is 0.392 e. The number of benzene rings is 1. The lowest BCUT2D eigenvalue weighted by atomic mass is 10.1. The second kappa shape index (κ2) is 8.37. The van der Waals surface area contributed by atoms with Gasteiger partial charge in [0.1, 0.15) is 11.4 Å². The molecule has 0 aliphatic heterocycles. The Labute approximate surface area is 138 Å². The van der Waals surface area contributed by atoms with Crippen LogP contribution in [0, 0.1) is 6.92 Å². The van der Waals surface area contributed by atoms with Gasteiger partial charge in [0.2, 0.25) is 0 Å². The fourth-order valence-corrected chi connectivity index (χ4v) is 2.11. The molecule has 0 saturated heterocycles. The molecule has 1 rings (SSSR count). The number of hydrogen-bond donors (Lipinski definition) is 1. The lowest BCUT2D eigenvalue weighted by Gasteiger charge is -2.20. The minimum atomic E-state index is -4.44. The second-order valence-corrected chi connectivity index (χ2v) is 5.08. The summed E-state index contributed by atoms with van der Waals surface area (Å²) in [7, 11) is 1.17. The summed E-state index contributed by atoms with van der Waals surface area (Å²) in [5.41, 5.74) is 0.756. The van der Waals surface area contributed by atoms with Crippen LogP contribution in [0.2, 0.25) is 0 Å². The first-order valence-electron chi connectivity index (χ1n) is 7.05. The molecular weight excluding hydrogens is 325 g/mol. The highest BCUT2D eigenvalue weighted by atomic mass is 19.4. The third-order valence-electron chi connectivity index (χ3n) is 3.21. The topological polar surface area (TPSA) is 62.1 Å². The molecule has 1 aromatic carbocycles. The van der Waals surface area contributed by atoms with E-state index in [0.29, 0.717) is 5.56 Å². The number of aromatic hydroxyl groups is 1. The number of esters is 1. The molecule has 0 bridgehead atoms. The summed E-state index contributed by atoms with van der Waals surface area (Å²) in [5.74, 6) is -0.752. The van der Waals surface area contributed by atoms with Crippen LogP contribution in [0.4, 0.5) is 18.9 Å². The Kier molecular flexibility index (Phi) is 6.82. The average molecular weight is 344 g/mol. The van der Waals surface area contributed by atoms with Crippen LogP contribution in [0.1, 0.15) is 24.8 Å². The largest absolute Gasteiger partial charge is 0.506 e. The summed E-state index contributed by atoms with van der Waals surface area (Å²) in [6.45, 7) is 5.01. The molecule has 8 heteroatoms. The zero-order chi connectivity index (χ0) is 18.3. The van der Waals surface area contributed by atoms with Gasteiger partial charge in [-0.1, -0.05) is 12.1 Å². The molecular formula is C16H19F3N2O3. The fraction of sp³-hybridized carbons (Fsp3) is 0.375. The highest BCUT2D eigenvalue weighted by Crippen LogP contribution is 2.33. The third kappa shape index (κ3) is 5.94. The van der Waals surface area contributed by atoms with Crippen molar-refractivity contribution in [1.82, 2.24) is 0 Å². The number of aryl methyl sites for hydroxylation is 1. The van der Waals surface area contributed by atoms with E-state index in [4.69, 9.17) is 0 Å². The zero-order valence-corrected chi connectivity index (χ0v) is 13.4. The molecule has 5 nitrogen and oxygen atoms in total. The van der Waals surface area contributed by atoms with E-state index >= 15 is 0 Å². The minimum Gasteiger partial charge on any atom is -0.506 e. The van der Waals surface area contributed by atoms with E-state index in [0.717, 1.165) is 11.2 Å². The monoisotopic (exact) mass is 344 g/mol. The summed E-state index contributed by atoms with van der Waals surface area (Å²) in [6, 6.07) is 4.68. The summed E-state index contributed by atoms with van der Waals surface area (Å²) in [6.07, 6.45) is -4.86. The van der Waals surface area contributed by atoms with Gasteiger partial charge in [-0.3, -0.25) is 4.79 Å². The molecule has 0 unspecified atom stereocenters. The number of allylic oxidation sites excluding steroid dienone is 1. The summed E-state index contributed by atoms with van der Waals surface area (Å²) < 4.78 is 42.7. The van der Waals surface area contributed by atoms with Gasteiger partial charge < -0.3 is 9.84 Å². The molecule has 0 radical (unpaired) electrons. The molecule has 24 heavy (non-hydrogen) atoms. The van der Waals surface area contributed by atoms with Crippen LogP contribution in [0.15, 0.2) is 35.1 Å². The quantitative estimate of drug-likeness (QED) is 0.463. The van der Waals surface area contributed by atoms with E-state index in [1.807, 2.05) is 0 Å². The van der Waals surface area contributed by atoms with Crippen molar-refractivity contribution in [2.45, 2.75) is 32.4 Å². The normalized spacial score (nSPS) is 12.0. The molecule has 0 aliphatic rings. The maximum atomic E-state index is 12.8. The number of phenols is 1. The number of nitrogens with zero attached hydrogens (tertiary/aromatic N) is 2. The fourth-order valence-electron chi connectivity index (χ4n) is 2.11.